The molecule has 2 atom stereocenters. The summed E-state index contributed by atoms with van der Waals surface area (Å²) in [5.74, 6) is -2.56. The molecule has 5 nitrogen and oxygen atoms in total. The lowest BCUT2D eigenvalue weighted by atomic mass is 10.0. The summed E-state index contributed by atoms with van der Waals surface area (Å²) < 4.78 is 45.8. The second-order valence-corrected chi connectivity index (χ2v) is 9.69. The van der Waals surface area contributed by atoms with Gasteiger partial charge in [0.2, 0.25) is 5.79 Å². The first-order valence-corrected chi connectivity index (χ1v) is 12.1. The highest BCUT2D eigenvalue weighted by molar-refractivity contribution is 5.39. The van der Waals surface area contributed by atoms with E-state index in [1.54, 1.807) is 36.4 Å². The zero-order chi connectivity index (χ0) is 25.8. The third kappa shape index (κ3) is 6.81. The lowest BCUT2D eigenvalue weighted by Gasteiger charge is -2.33. The number of nitrogens with one attached hydrogen (secondary N) is 1. The van der Waals surface area contributed by atoms with Crippen LogP contribution in [0.25, 0.3) is 0 Å². The molecule has 0 aliphatic carbocycles. The maximum absolute atomic E-state index is 14.4. The number of alkyl halides is 2. The van der Waals surface area contributed by atoms with Crippen LogP contribution in [0.4, 0.5) is 8.78 Å². The van der Waals surface area contributed by atoms with Crippen LogP contribution in [-0.4, -0.2) is 30.1 Å². The number of benzene rings is 3. The Balaban J connectivity index is 1.28. The molecule has 7 heteroatoms. The average Bonchev–Trinajstić information content (AvgIpc) is 2.86. The van der Waals surface area contributed by atoms with Crippen LogP contribution in [0.1, 0.15) is 49.1 Å². The molecule has 0 amide bonds. The van der Waals surface area contributed by atoms with Crippen molar-refractivity contribution >= 4 is 0 Å². The van der Waals surface area contributed by atoms with Crippen molar-refractivity contribution < 1.29 is 28.1 Å². The summed E-state index contributed by atoms with van der Waals surface area (Å²) in [4.78, 5) is 0. The molecule has 0 radical (unpaired) electrons. The smallest absolute Gasteiger partial charge is 0.306 e. The minimum absolute atomic E-state index is 0.0470. The second kappa shape index (κ2) is 10.9. The van der Waals surface area contributed by atoms with Crippen LogP contribution in [0.2, 0.25) is 0 Å². The van der Waals surface area contributed by atoms with Gasteiger partial charge in [-0.25, -0.2) is 0 Å². The van der Waals surface area contributed by atoms with Crippen LogP contribution in [0.15, 0.2) is 72.8 Å². The van der Waals surface area contributed by atoms with Gasteiger partial charge in [-0.1, -0.05) is 48.5 Å². The van der Waals surface area contributed by atoms with Crippen molar-refractivity contribution in [2.75, 3.05) is 13.2 Å². The molecule has 1 heterocycles. The molecule has 192 valence electrons. The fourth-order valence-electron chi connectivity index (χ4n) is 4.12. The van der Waals surface area contributed by atoms with Gasteiger partial charge in [-0.2, -0.15) is 8.78 Å². The zero-order valence-corrected chi connectivity index (χ0v) is 20.8. The summed E-state index contributed by atoms with van der Waals surface area (Å²) in [7, 11) is 0. The Labute approximate surface area is 211 Å². The molecule has 0 saturated carbocycles. The summed E-state index contributed by atoms with van der Waals surface area (Å²) in [6.07, 6.45) is -0.0393. The van der Waals surface area contributed by atoms with Crippen LogP contribution in [0, 0.1) is 0 Å². The highest BCUT2D eigenvalue weighted by atomic mass is 19.3. The van der Waals surface area contributed by atoms with Gasteiger partial charge in [-0.05, 0) is 48.7 Å². The lowest BCUT2D eigenvalue weighted by Crippen LogP contribution is -2.35. The Kier molecular flexibility index (Phi) is 7.93. The van der Waals surface area contributed by atoms with Crippen LogP contribution in [0.5, 0.6) is 11.5 Å². The van der Waals surface area contributed by atoms with Gasteiger partial charge in [0.1, 0.15) is 11.5 Å². The minimum atomic E-state index is -3.08. The first-order chi connectivity index (χ1) is 17.1. The summed E-state index contributed by atoms with van der Waals surface area (Å²) in [5.41, 5.74) is 2.58. The molecule has 0 saturated heterocycles. The average molecular weight is 498 g/mol. The molecule has 0 bridgehead atoms. The van der Waals surface area contributed by atoms with E-state index in [4.69, 9.17) is 14.2 Å². The maximum atomic E-state index is 14.4. The second-order valence-electron chi connectivity index (χ2n) is 9.69. The van der Waals surface area contributed by atoms with E-state index in [2.05, 4.69) is 5.32 Å². The van der Waals surface area contributed by atoms with E-state index in [1.165, 1.54) is 12.1 Å². The van der Waals surface area contributed by atoms with Gasteiger partial charge >= 0.3 is 5.92 Å². The molecule has 36 heavy (non-hydrogen) atoms. The van der Waals surface area contributed by atoms with E-state index in [1.807, 2.05) is 45.0 Å². The van der Waals surface area contributed by atoms with E-state index in [9.17, 15) is 13.9 Å². The van der Waals surface area contributed by atoms with Crippen molar-refractivity contribution in [2.45, 2.75) is 57.7 Å². The Bertz CT molecular complexity index is 1150. The monoisotopic (exact) mass is 497 g/mol. The number of ether oxygens (including phenoxy) is 3. The maximum Gasteiger partial charge on any atom is 0.306 e. The van der Waals surface area contributed by atoms with Crippen molar-refractivity contribution in [2.24, 2.45) is 0 Å². The quantitative estimate of drug-likeness (QED) is 0.373. The van der Waals surface area contributed by atoms with E-state index in [-0.39, 0.29) is 11.6 Å². The number of aliphatic hydroxyl groups excluding tert-OH is 1. The van der Waals surface area contributed by atoms with Crippen molar-refractivity contribution in [3.63, 3.8) is 0 Å². The fourth-order valence-corrected chi connectivity index (χ4v) is 4.12. The molecule has 4 rings (SSSR count). The summed E-state index contributed by atoms with van der Waals surface area (Å²) in [5, 5.41) is 14.0. The predicted octanol–water partition coefficient (Wildman–Crippen LogP) is 5.76. The first kappa shape index (κ1) is 26.1. The van der Waals surface area contributed by atoms with Crippen molar-refractivity contribution in [3.8, 4) is 11.5 Å². The zero-order valence-electron chi connectivity index (χ0n) is 20.8. The normalized spacial score (nSPS) is 16.5. The van der Waals surface area contributed by atoms with Gasteiger partial charge in [-0.3, -0.25) is 0 Å². The van der Waals surface area contributed by atoms with Crippen molar-refractivity contribution in [3.05, 3.63) is 95.1 Å². The third-order valence-corrected chi connectivity index (χ3v) is 6.12. The number of fused-ring (bicyclic) bond motifs is 1. The number of hydrogen-bond acceptors (Lipinski definition) is 5. The number of rotatable bonds is 10. The Morgan fingerprint density at radius 1 is 1.06 bits per heavy atom. The predicted molar refractivity (Wildman–Crippen MR) is 134 cm³/mol. The summed E-state index contributed by atoms with van der Waals surface area (Å²) >= 11 is 0. The molecule has 3 aromatic rings. The molecular formula is C29H33F2NO4. The van der Waals surface area contributed by atoms with E-state index >= 15 is 0 Å². The molecular weight excluding hydrogens is 464 g/mol. The van der Waals surface area contributed by atoms with Gasteiger partial charge in [-0.15, -0.1) is 0 Å². The molecule has 1 aliphatic heterocycles. The van der Waals surface area contributed by atoms with Crippen molar-refractivity contribution in [1.82, 2.24) is 5.32 Å². The third-order valence-electron chi connectivity index (χ3n) is 6.12. The van der Waals surface area contributed by atoms with Crippen LogP contribution >= 0.6 is 0 Å². The van der Waals surface area contributed by atoms with E-state index in [0.29, 0.717) is 25.3 Å². The Hall–Kier alpha value is -3.00. The molecule has 0 unspecified atom stereocenters. The first-order valence-electron chi connectivity index (χ1n) is 12.1. The fraction of sp³-hybridized carbons (Fsp3) is 0.379. The van der Waals surface area contributed by atoms with Gasteiger partial charge in [0.05, 0.1) is 12.7 Å². The number of aliphatic hydroxyl groups is 1. The van der Waals surface area contributed by atoms with Crippen molar-refractivity contribution in [1.29, 1.82) is 0 Å². The van der Waals surface area contributed by atoms with E-state index < -0.39 is 24.4 Å². The highest BCUT2D eigenvalue weighted by Crippen LogP contribution is 2.33. The van der Waals surface area contributed by atoms with Gasteiger partial charge in [0, 0.05) is 37.6 Å². The molecule has 2 N–H and O–H groups in total. The number of halogens is 2. The van der Waals surface area contributed by atoms with Gasteiger partial charge in [0.15, 0.2) is 6.61 Å². The highest BCUT2D eigenvalue weighted by Gasteiger charge is 2.32. The molecule has 3 aromatic carbocycles. The topological polar surface area (TPSA) is 60.0 Å². The molecule has 1 aliphatic rings. The Morgan fingerprint density at radius 3 is 2.61 bits per heavy atom. The molecule has 0 fully saturated rings. The van der Waals surface area contributed by atoms with Crippen LogP contribution < -0.4 is 14.8 Å². The van der Waals surface area contributed by atoms with Crippen LogP contribution in [0.3, 0.4) is 0 Å². The summed E-state index contributed by atoms with van der Waals surface area (Å²) in [6, 6.07) is 20.5. The van der Waals surface area contributed by atoms with Gasteiger partial charge < -0.3 is 24.6 Å². The lowest BCUT2D eigenvalue weighted by molar-refractivity contribution is -0.180. The SMILES string of the molecule is C[C@@H](Cc1cccc(OCC(F)(F)c2ccccc2)c1)NC[C@H](O)c1ccc2c(c1)COC(C)(C)O2. The molecule has 0 spiro atoms. The number of hydrogen-bond donors (Lipinski definition) is 2. The largest absolute Gasteiger partial charge is 0.487 e. The minimum Gasteiger partial charge on any atom is -0.487 e. The Morgan fingerprint density at radius 2 is 1.83 bits per heavy atom. The molecule has 0 aromatic heterocycles. The summed E-state index contributed by atoms with van der Waals surface area (Å²) in [6.45, 7) is 5.82. The van der Waals surface area contributed by atoms with E-state index in [0.717, 1.165) is 22.4 Å². The van der Waals surface area contributed by atoms with Crippen LogP contribution in [-0.2, 0) is 23.7 Å². The standard InChI is InChI=1S/C29H33F2NO4/c1-20(32-17-26(33)22-12-13-27-23(16-22)18-35-28(2,3)36-27)14-21-8-7-11-25(15-21)34-19-29(30,31)24-9-5-4-6-10-24/h4-13,15-16,20,26,32-33H,14,17-19H2,1-3H3/t20-,26-/m0/s1. The van der Waals surface area contributed by atoms with Gasteiger partial charge in [0.25, 0.3) is 0 Å².